The zero-order chi connectivity index (χ0) is 24.0. The summed E-state index contributed by atoms with van der Waals surface area (Å²) in [4.78, 5) is 17.5. The van der Waals surface area contributed by atoms with Crippen LogP contribution in [-0.4, -0.2) is 23.1 Å². The fourth-order valence-electron chi connectivity index (χ4n) is 3.79. The zero-order valence-electron chi connectivity index (χ0n) is 20.4. The lowest BCUT2D eigenvalue weighted by atomic mass is 10.0. The lowest BCUT2D eigenvalue weighted by molar-refractivity contribution is 0.0190. The van der Waals surface area contributed by atoms with Crippen LogP contribution in [0.15, 0.2) is 60.7 Å². The van der Waals surface area contributed by atoms with Crippen molar-refractivity contribution >= 4 is 11.6 Å². The van der Waals surface area contributed by atoms with Gasteiger partial charge in [-0.15, -0.1) is 0 Å². The Balaban J connectivity index is 1.70. The Hall–Kier alpha value is -3.18. The lowest BCUT2D eigenvalue weighted by Gasteiger charge is -2.16. The topological polar surface area (TPSA) is 60.5 Å². The number of nitrogens with one attached hydrogen (secondary N) is 1. The van der Waals surface area contributed by atoms with E-state index in [9.17, 15) is 4.79 Å². The average molecular weight is 447 g/mol. The summed E-state index contributed by atoms with van der Waals surface area (Å²) in [5.41, 5.74) is 3.97. The third-order valence-corrected chi connectivity index (χ3v) is 5.25. The number of amides is 1. The van der Waals surface area contributed by atoms with Gasteiger partial charge in [-0.3, -0.25) is 9.78 Å². The Morgan fingerprint density at radius 1 is 0.970 bits per heavy atom. The Kier molecular flexibility index (Phi) is 8.23. The Labute approximate surface area is 197 Å². The van der Waals surface area contributed by atoms with Crippen LogP contribution in [0.4, 0.5) is 5.69 Å². The number of rotatable bonds is 9. The maximum atomic E-state index is 12.9. The van der Waals surface area contributed by atoms with Crippen LogP contribution in [0.3, 0.4) is 0 Å². The van der Waals surface area contributed by atoms with Gasteiger partial charge in [0.25, 0.3) is 5.91 Å². The molecular formula is C28H34N2O3. The second-order valence-corrected chi connectivity index (χ2v) is 8.91. The molecule has 0 radical (unpaired) electrons. The minimum atomic E-state index is -0.197. The monoisotopic (exact) mass is 446 g/mol. The smallest absolute Gasteiger partial charge is 0.257 e. The average Bonchev–Trinajstić information content (AvgIpc) is 2.73. The summed E-state index contributed by atoms with van der Waals surface area (Å²) in [6.07, 6.45) is 0.947. The minimum absolute atomic E-state index is 0.0696. The molecule has 0 aliphatic carbocycles. The number of para-hydroxylation sites is 1. The molecule has 1 amide bonds. The number of hydrogen-bond donors (Lipinski definition) is 1. The van der Waals surface area contributed by atoms with Crippen molar-refractivity contribution in [3.05, 3.63) is 83.2 Å². The molecule has 1 aromatic heterocycles. The van der Waals surface area contributed by atoms with E-state index in [-0.39, 0.29) is 18.1 Å². The van der Waals surface area contributed by atoms with E-state index >= 15 is 0 Å². The third kappa shape index (κ3) is 6.90. The molecule has 1 unspecified atom stereocenters. The highest BCUT2D eigenvalue weighted by atomic mass is 16.5. The maximum Gasteiger partial charge on any atom is 0.257 e. The van der Waals surface area contributed by atoms with Crippen LogP contribution in [0.5, 0.6) is 11.5 Å². The first-order chi connectivity index (χ1) is 15.7. The van der Waals surface area contributed by atoms with Gasteiger partial charge in [-0.25, -0.2) is 0 Å². The summed E-state index contributed by atoms with van der Waals surface area (Å²) in [6, 6.07) is 19.2. The summed E-state index contributed by atoms with van der Waals surface area (Å²) in [5.74, 6) is 1.65. The number of pyridine rings is 1. The number of carbonyl (C=O) groups is 1. The highest BCUT2D eigenvalue weighted by Gasteiger charge is 2.14. The van der Waals surface area contributed by atoms with Crippen molar-refractivity contribution in [2.24, 2.45) is 0 Å². The Morgan fingerprint density at radius 3 is 2.42 bits per heavy atom. The van der Waals surface area contributed by atoms with Crippen LogP contribution >= 0.6 is 0 Å². The molecule has 0 aliphatic rings. The van der Waals surface area contributed by atoms with Crippen molar-refractivity contribution in [3.63, 3.8) is 0 Å². The number of hydrogen-bond acceptors (Lipinski definition) is 4. The zero-order valence-corrected chi connectivity index (χ0v) is 20.4. The van der Waals surface area contributed by atoms with E-state index in [0.29, 0.717) is 35.0 Å². The highest BCUT2D eigenvalue weighted by Crippen LogP contribution is 2.31. The van der Waals surface area contributed by atoms with E-state index in [0.717, 1.165) is 17.0 Å². The number of ether oxygens (including phenoxy) is 2. The predicted molar refractivity (Wildman–Crippen MR) is 133 cm³/mol. The predicted octanol–water partition coefficient (Wildman–Crippen LogP) is 6.91. The van der Waals surface area contributed by atoms with Crippen LogP contribution in [0.1, 0.15) is 67.8 Å². The molecule has 0 spiro atoms. The number of aromatic nitrogens is 1. The Morgan fingerprint density at radius 2 is 1.73 bits per heavy atom. The molecule has 3 aromatic rings. The summed E-state index contributed by atoms with van der Waals surface area (Å²) in [7, 11) is 0. The number of aryl methyl sites for hydroxylation is 1. The molecule has 1 heterocycles. The van der Waals surface area contributed by atoms with Crippen molar-refractivity contribution in [2.75, 3.05) is 5.32 Å². The fraction of sp³-hybridized carbons (Fsp3) is 0.357. The molecule has 1 atom stereocenters. The molecule has 1 N–H and O–H groups in total. The van der Waals surface area contributed by atoms with Gasteiger partial charge in [0.2, 0.25) is 0 Å². The van der Waals surface area contributed by atoms with Crippen molar-refractivity contribution in [3.8, 4) is 11.5 Å². The molecule has 5 nitrogen and oxygen atoms in total. The molecule has 0 saturated carbocycles. The maximum absolute atomic E-state index is 12.9. The first-order valence-electron chi connectivity index (χ1n) is 11.5. The van der Waals surface area contributed by atoms with E-state index in [2.05, 4.69) is 30.2 Å². The SMILES string of the molecule is Cc1nc(CC(C)OC(C)C)ccc1C(=O)Nc1cccc(Oc2ccccc2C(C)C)c1. The van der Waals surface area contributed by atoms with E-state index in [1.54, 1.807) is 0 Å². The molecule has 174 valence electrons. The van der Waals surface area contributed by atoms with Gasteiger partial charge >= 0.3 is 0 Å². The van der Waals surface area contributed by atoms with Gasteiger partial charge in [0.05, 0.1) is 23.5 Å². The van der Waals surface area contributed by atoms with Crippen LogP contribution < -0.4 is 10.1 Å². The van der Waals surface area contributed by atoms with E-state index in [1.165, 1.54) is 0 Å². The van der Waals surface area contributed by atoms with Crippen LogP contribution in [-0.2, 0) is 11.2 Å². The molecule has 5 heteroatoms. The molecule has 0 aliphatic heterocycles. The lowest BCUT2D eigenvalue weighted by Crippen LogP contribution is -2.18. The van der Waals surface area contributed by atoms with Gasteiger partial charge in [0.1, 0.15) is 11.5 Å². The number of nitrogens with zero attached hydrogens (tertiary/aromatic N) is 1. The molecule has 0 saturated heterocycles. The quantitative estimate of drug-likeness (QED) is 0.388. The van der Waals surface area contributed by atoms with Crippen LogP contribution in [0, 0.1) is 6.92 Å². The first-order valence-corrected chi connectivity index (χ1v) is 11.5. The van der Waals surface area contributed by atoms with E-state index < -0.39 is 0 Å². The van der Waals surface area contributed by atoms with Gasteiger partial charge in [-0.05, 0) is 69.5 Å². The van der Waals surface area contributed by atoms with Gasteiger partial charge in [-0.1, -0.05) is 38.1 Å². The van der Waals surface area contributed by atoms with Gasteiger partial charge < -0.3 is 14.8 Å². The van der Waals surface area contributed by atoms with Gasteiger partial charge in [0.15, 0.2) is 0 Å². The molecule has 33 heavy (non-hydrogen) atoms. The molecular weight excluding hydrogens is 412 g/mol. The van der Waals surface area contributed by atoms with Gasteiger partial charge in [-0.2, -0.15) is 0 Å². The van der Waals surface area contributed by atoms with Crippen molar-refractivity contribution in [1.82, 2.24) is 4.98 Å². The number of anilines is 1. The summed E-state index contributed by atoms with van der Waals surface area (Å²) < 4.78 is 11.9. The Bertz CT molecular complexity index is 1090. The second kappa shape index (κ2) is 11.1. The van der Waals surface area contributed by atoms with E-state index in [1.807, 2.05) is 82.3 Å². The summed E-state index contributed by atoms with van der Waals surface area (Å²) >= 11 is 0. The highest BCUT2D eigenvalue weighted by molar-refractivity contribution is 6.05. The minimum Gasteiger partial charge on any atom is -0.457 e. The largest absolute Gasteiger partial charge is 0.457 e. The molecule has 0 bridgehead atoms. The molecule has 3 rings (SSSR count). The summed E-state index contributed by atoms with van der Waals surface area (Å²) in [6.45, 7) is 12.2. The second-order valence-electron chi connectivity index (χ2n) is 8.91. The van der Waals surface area contributed by atoms with Crippen LogP contribution in [0.2, 0.25) is 0 Å². The van der Waals surface area contributed by atoms with Crippen LogP contribution in [0.25, 0.3) is 0 Å². The number of carbonyl (C=O) groups excluding carboxylic acids is 1. The third-order valence-electron chi connectivity index (χ3n) is 5.25. The molecule has 2 aromatic carbocycles. The van der Waals surface area contributed by atoms with Crippen molar-refractivity contribution in [2.45, 2.75) is 66.1 Å². The molecule has 0 fully saturated rings. The first kappa shape index (κ1) is 24.5. The van der Waals surface area contributed by atoms with Crippen molar-refractivity contribution in [1.29, 1.82) is 0 Å². The number of benzene rings is 2. The standard InChI is InChI=1S/C28H34N2O3/c1-18(2)25-12-7-8-13-27(25)33-24-11-9-10-22(17-24)30-28(31)26-15-14-23(29-21(26)6)16-20(5)32-19(3)4/h7-15,17-20H,16H2,1-6H3,(H,30,31). The fourth-order valence-corrected chi connectivity index (χ4v) is 3.79. The normalized spacial score (nSPS) is 12.1. The van der Waals surface area contributed by atoms with E-state index in [4.69, 9.17) is 9.47 Å². The van der Waals surface area contributed by atoms with Crippen molar-refractivity contribution < 1.29 is 14.3 Å². The van der Waals surface area contributed by atoms with Gasteiger partial charge in [0, 0.05) is 23.9 Å². The summed E-state index contributed by atoms with van der Waals surface area (Å²) in [5, 5.41) is 2.97.